The van der Waals surface area contributed by atoms with Gasteiger partial charge in [0, 0.05) is 18.5 Å². The van der Waals surface area contributed by atoms with Crippen molar-refractivity contribution in [2.45, 2.75) is 24.8 Å². The number of nitrogens with zero attached hydrogens (tertiary/aromatic N) is 3. The van der Waals surface area contributed by atoms with Crippen LogP contribution in [0.5, 0.6) is 5.75 Å². The Morgan fingerprint density at radius 2 is 1.90 bits per heavy atom. The van der Waals surface area contributed by atoms with E-state index in [2.05, 4.69) is 19.1 Å². The van der Waals surface area contributed by atoms with Gasteiger partial charge in [-0.2, -0.15) is 0 Å². The molecule has 0 spiro atoms. The molecule has 0 unspecified atom stereocenters. The monoisotopic (exact) mass is 455 g/mol. The fourth-order valence-electron chi connectivity index (χ4n) is 3.14. The van der Waals surface area contributed by atoms with Crippen molar-refractivity contribution in [2.75, 3.05) is 6.61 Å². The van der Waals surface area contributed by atoms with E-state index in [1.807, 2.05) is 47.9 Å². The van der Waals surface area contributed by atoms with Gasteiger partial charge >= 0.3 is 0 Å². The average molecular weight is 456 g/mol. The van der Waals surface area contributed by atoms with Gasteiger partial charge in [-0.1, -0.05) is 47.4 Å². The molecule has 0 aliphatic carbocycles. The summed E-state index contributed by atoms with van der Waals surface area (Å²) >= 11 is 8.43. The van der Waals surface area contributed by atoms with E-state index in [1.165, 1.54) is 22.5 Å². The number of aryl methyl sites for hydroxylation is 1. The van der Waals surface area contributed by atoms with Gasteiger partial charge in [-0.15, -0.1) is 0 Å². The van der Waals surface area contributed by atoms with Gasteiger partial charge in [-0.25, -0.2) is 4.98 Å². The Kier molecular flexibility index (Phi) is 6.08. The molecule has 0 aliphatic rings. The molecular formula is C22H21N3O2S3. The largest absolute Gasteiger partial charge is 0.494 e. The summed E-state index contributed by atoms with van der Waals surface area (Å²) in [7, 11) is 1.76. The number of thioether (sulfide) groups is 1. The van der Waals surface area contributed by atoms with Crippen LogP contribution in [0.4, 0.5) is 0 Å². The van der Waals surface area contributed by atoms with Gasteiger partial charge in [-0.05, 0) is 61.5 Å². The van der Waals surface area contributed by atoms with E-state index in [1.54, 1.807) is 23.4 Å². The molecule has 2 heterocycles. The lowest BCUT2D eigenvalue weighted by Gasteiger charge is -2.10. The van der Waals surface area contributed by atoms with Crippen LogP contribution < -0.4 is 10.3 Å². The van der Waals surface area contributed by atoms with Gasteiger partial charge in [-0.3, -0.25) is 13.9 Å². The second-order valence-corrected chi connectivity index (χ2v) is 9.34. The van der Waals surface area contributed by atoms with Crippen molar-refractivity contribution in [3.63, 3.8) is 0 Å². The number of ether oxygens (including phenoxy) is 1. The van der Waals surface area contributed by atoms with E-state index >= 15 is 0 Å². The minimum Gasteiger partial charge on any atom is -0.494 e. The van der Waals surface area contributed by atoms with Crippen LogP contribution in [0.15, 0.2) is 58.5 Å². The molecule has 5 nitrogen and oxygen atoms in total. The zero-order valence-corrected chi connectivity index (χ0v) is 19.4. The van der Waals surface area contributed by atoms with Crippen molar-refractivity contribution < 1.29 is 4.74 Å². The first-order valence-corrected chi connectivity index (χ1v) is 11.7. The van der Waals surface area contributed by atoms with E-state index in [9.17, 15) is 4.79 Å². The van der Waals surface area contributed by atoms with E-state index in [0.717, 1.165) is 17.2 Å². The molecule has 4 aromatic rings. The van der Waals surface area contributed by atoms with E-state index in [-0.39, 0.29) is 5.56 Å². The number of thiazole rings is 1. The summed E-state index contributed by atoms with van der Waals surface area (Å²) in [4.78, 5) is 17.8. The van der Waals surface area contributed by atoms with Gasteiger partial charge in [0.15, 0.2) is 14.8 Å². The lowest BCUT2D eigenvalue weighted by molar-refractivity contribution is 0.340. The highest BCUT2D eigenvalue weighted by atomic mass is 32.2. The molecule has 8 heteroatoms. The molecule has 0 N–H and O–H groups in total. The lowest BCUT2D eigenvalue weighted by atomic mass is 10.1. The van der Waals surface area contributed by atoms with Gasteiger partial charge in [0.2, 0.25) is 0 Å². The van der Waals surface area contributed by atoms with Crippen molar-refractivity contribution in [3.8, 4) is 11.4 Å². The van der Waals surface area contributed by atoms with Gasteiger partial charge in [0.05, 0.1) is 6.61 Å². The first-order valence-electron chi connectivity index (χ1n) is 9.52. The maximum atomic E-state index is 13.0. The second kappa shape index (κ2) is 8.75. The molecule has 4 rings (SSSR count). The summed E-state index contributed by atoms with van der Waals surface area (Å²) < 4.78 is 10.2. The molecular weight excluding hydrogens is 434 g/mol. The van der Waals surface area contributed by atoms with Crippen molar-refractivity contribution in [1.29, 1.82) is 0 Å². The first-order chi connectivity index (χ1) is 14.5. The second-order valence-electron chi connectivity index (χ2n) is 6.76. The van der Waals surface area contributed by atoms with E-state index in [4.69, 9.17) is 21.9 Å². The Hall–Kier alpha value is -2.42. The molecule has 30 heavy (non-hydrogen) atoms. The average Bonchev–Trinajstić information content (AvgIpc) is 3.07. The summed E-state index contributed by atoms with van der Waals surface area (Å²) in [5.74, 6) is 1.54. The Bertz CT molecular complexity index is 1320. The molecule has 2 aromatic heterocycles. The normalized spacial score (nSPS) is 11.2. The van der Waals surface area contributed by atoms with Gasteiger partial charge in [0.1, 0.15) is 10.4 Å². The minimum absolute atomic E-state index is 0.0759. The van der Waals surface area contributed by atoms with Crippen LogP contribution in [-0.4, -0.2) is 20.7 Å². The first kappa shape index (κ1) is 20.8. The van der Waals surface area contributed by atoms with E-state index < -0.39 is 0 Å². The molecule has 0 bridgehead atoms. The Morgan fingerprint density at radius 1 is 1.17 bits per heavy atom. The standard InChI is InChI=1S/C22H21N3O2S3/c1-4-27-17-11-9-16(10-12-17)25-19-18(30-22(25)28)20(26)24(3)21(23-19)29-13-15-8-6-5-7-14(15)2/h5-12H,4,13H2,1-3H3. The van der Waals surface area contributed by atoms with Crippen LogP contribution >= 0.6 is 35.3 Å². The van der Waals surface area contributed by atoms with Crippen molar-refractivity contribution in [3.05, 3.63) is 74.0 Å². The molecule has 0 saturated heterocycles. The zero-order valence-electron chi connectivity index (χ0n) is 16.9. The SMILES string of the molecule is CCOc1ccc(-n2c(=S)sc3c(=O)n(C)c(SCc4ccccc4C)nc32)cc1. The Balaban J connectivity index is 1.77. The van der Waals surface area contributed by atoms with Crippen LogP contribution in [0.2, 0.25) is 0 Å². The summed E-state index contributed by atoms with van der Waals surface area (Å²) in [6.07, 6.45) is 0. The fraction of sp³-hybridized carbons (Fsp3) is 0.227. The molecule has 0 amide bonds. The molecule has 0 saturated carbocycles. The predicted molar refractivity (Wildman–Crippen MR) is 127 cm³/mol. The zero-order chi connectivity index (χ0) is 21.3. The molecule has 0 atom stereocenters. The van der Waals surface area contributed by atoms with Gasteiger partial charge in [0.25, 0.3) is 5.56 Å². The number of hydrogen-bond donors (Lipinski definition) is 0. The number of aromatic nitrogens is 3. The lowest BCUT2D eigenvalue weighted by Crippen LogP contribution is -2.19. The summed E-state index contributed by atoms with van der Waals surface area (Å²) in [5.41, 5.74) is 3.84. The topological polar surface area (TPSA) is 49.0 Å². The van der Waals surface area contributed by atoms with E-state index in [0.29, 0.717) is 26.1 Å². The summed E-state index contributed by atoms with van der Waals surface area (Å²) in [5, 5.41) is 0.670. The number of fused-ring (bicyclic) bond motifs is 1. The highest BCUT2D eigenvalue weighted by Crippen LogP contribution is 2.28. The molecule has 0 fully saturated rings. The van der Waals surface area contributed by atoms with Crippen LogP contribution in [0.1, 0.15) is 18.1 Å². The third kappa shape index (κ3) is 3.95. The molecule has 0 aliphatic heterocycles. The molecule has 2 aromatic carbocycles. The number of benzene rings is 2. The number of hydrogen-bond acceptors (Lipinski definition) is 6. The van der Waals surface area contributed by atoms with Gasteiger partial charge < -0.3 is 4.74 Å². The third-order valence-corrected chi connectivity index (χ3v) is 7.23. The summed E-state index contributed by atoms with van der Waals surface area (Å²) in [6.45, 7) is 4.65. The Morgan fingerprint density at radius 3 is 2.60 bits per heavy atom. The fourth-order valence-corrected chi connectivity index (χ4v) is 5.53. The Labute approximate surface area is 188 Å². The maximum absolute atomic E-state index is 13.0. The van der Waals surface area contributed by atoms with Crippen LogP contribution in [-0.2, 0) is 12.8 Å². The highest BCUT2D eigenvalue weighted by Gasteiger charge is 2.16. The minimum atomic E-state index is -0.0759. The molecule has 0 radical (unpaired) electrons. The predicted octanol–water partition coefficient (Wildman–Crippen LogP) is 5.51. The van der Waals surface area contributed by atoms with Crippen LogP contribution in [0.3, 0.4) is 0 Å². The van der Waals surface area contributed by atoms with Crippen molar-refractivity contribution >= 4 is 45.7 Å². The number of rotatable bonds is 6. The molecule has 154 valence electrons. The quantitative estimate of drug-likeness (QED) is 0.218. The van der Waals surface area contributed by atoms with Crippen LogP contribution in [0.25, 0.3) is 16.0 Å². The summed E-state index contributed by atoms with van der Waals surface area (Å²) in [6, 6.07) is 15.9. The van der Waals surface area contributed by atoms with Crippen LogP contribution in [0, 0.1) is 10.9 Å². The smallest absolute Gasteiger partial charge is 0.273 e. The van der Waals surface area contributed by atoms with Crippen molar-refractivity contribution in [1.82, 2.24) is 14.1 Å². The maximum Gasteiger partial charge on any atom is 0.273 e. The third-order valence-electron chi connectivity index (χ3n) is 4.80. The highest BCUT2D eigenvalue weighted by molar-refractivity contribution is 7.98. The van der Waals surface area contributed by atoms with Crippen molar-refractivity contribution in [2.24, 2.45) is 7.05 Å².